The van der Waals surface area contributed by atoms with E-state index in [0.717, 1.165) is 17.5 Å². The molecule has 0 spiro atoms. The van der Waals surface area contributed by atoms with Crippen LogP contribution in [0.25, 0.3) is 10.9 Å². The molecule has 0 N–H and O–H groups in total. The molecule has 7 nitrogen and oxygen atoms in total. The smallest absolute Gasteiger partial charge is 0.267 e. The number of aromatic nitrogens is 2. The Bertz CT molecular complexity index is 1080. The fraction of sp³-hybridized carbons (Fsp3) is 0.312. The van der Waals surface area contributed by atoms with Gasteiger partial charge in [0.15, 0.2) is 0 Å². The molecule has 0 saturated heterocycles. The zero-order valence-electron chi connectivity index (χ0n) is 13.0. The standard InChI is InChI=1S/C16H15N3O4S/c1-10-17-13-8-4-2-6-11(13)15(20)18(10)19-16(21)12-7-3-5-9-14(12)24(19,22)23/h2,4,6,8H,3,5,7,9H2,1H3. The lowest BCUT2D eigenvalue weighted by Crippen LogP contribution is -2.48. The first-order valence-corrected chi connectivity index (χ1v) is 9.17. The number of hydrogen-bond donors (Lipinski definition) is 0. The van der Waals surface area contributed by atoms with Gasteiger partial charge in [0.05, 0.1) is 15.8 Å². The molecule has 1 aliphatic carbocycles. The van der Waals surface area contributed by atoms with Crippen LogP contribution < -0.4 is 9.97 Å². The first-order valence-electron chi connectivity index (χ1n) is 7.73. The van der Waals surface area contributed by atoms with E-state index in [2.05, 4.69) is 4.98 Å². The highest BCUT2D eigenvalue weighted by Gasteiger charge is 2.46. The van der Waals surface area contributed by atoms with Gasteiger partial charge < -0.3 is 0 Å². The monoisotopic (exact) mass is 345 g/mol. The van der Waals surface area contributed by atoms with Gasteiger partial charge in [0.2, 0.25) is 0 Å². The molecule has 124 valence electrons. The van der Waals surface area contributed by atoms with Gasteiger partial charge in [0, 0.05) is 5.57 Å². The summed E-state index contributed by atoms with van der Waals surface area (Å²) in [5.41, 5.74) is 0.216. The van der Waals surface area contributed by atoms with Gasteiger partial charge in [-0.05, 0) is 44.7 Å². The van der Waals surface area contributed by atoms with Crippen molar-refractivity contribution in [3.05, 3.63) is 50.9 Å². The van der Waals surface area contributed by atoms with Crippen LogP contribution in [0.2, 0.25) is 0 Å². The Balaban J connectivity index is 2.00. The van der Waals surface area contributed by atoms with Gasteiger partial charge in [0.1, 0.15) is 5.82 Å². The van der Waals surface area contributed by atoms with Crippen molar-refractivity contribution in [2.24, 2.45) is 0 Å². The van der Waals surface area contributed by atoms with Crippen LogP contribution in [0.1, 0.15) is 31.5 Å². The number of amides is 1. The molecule has 1 amide bonds. The van der Waals surface area contributed by atoms with Crippen LogP contribution in [0.15, 0.2) is 39.5 Å². The minimum Gasteiger partial charge on any atom is -0.267 e. The van der Waals surface area contributed by atoms with Gasteiger partial charge in [-0.15, -0.1) is 4.41 Å². The maximum atomic E-state index is 12.8. The van der Waals surface area contributed by atoms with Crippen LogP contribution in [-0.2, 0) is 14.8 Å². The minimum absolute atomic E-state index is 0.151. The van der Waals surface area contributed by atoms with Crippen molar-refractivity contribution in [3.63, 3.8) is 0 Å². The van der Waals surface area contributed by atoms with Gasteiger partial charge in [0.25, 0.3) is 21.5 Å². The summed E-state index contributed by atoms with van der Waals surface area (Å²) in [4.78, 5) is 30.0. The Labute approximate surface area is 138 Å². The lowest BCUT2D eigenvalue weighted by atomic mass is 9.99. The van der Waals surface area contributed by atoms with Gasteiger partial charge in [-0.3, -0.25) is 9.59 Å². The largest absolute Gasteiger partial charge is 0.284 e. The van der Waals surface area contributed by atoms with Crippen LogP contribution in [-0.4, -0.2) is 24.0 Å². The van der Waals surface area contributed by atoms with Crippen LogP contribution >= 0.6 is 0 Å². The Morgan fingerprint density at radius 3 is 2.54 bits per heavy atom. The number of rotatable bonds is 1. The van der Waals surface area contributed by atoms with E-state index in [0.29, 0.717) is 28.3 Å². The minimum atomic E-state index is -4.02. The average Bonchev–Trinajstić information content (AvgIpc) is 2.76. The lowest BCUT2D eigenvalue weighted by molar-refractivity contribution is -0.115. The van der Waals surface area contributed by atoms with Crippen LogP contribution in [0, 0.1) is 6.92 Å². The van der Waals surface area contributed by atoms with E-state index >= 15 is 0 Å². The van der Waals surface area contributed by atoms with Crippen LogP contribution in [0.3, 0.4) is 0 Å². The number of aryl methyl sites for hydroxylation is 1. The molecule has 8 heteroatoms. The van der Waals surface area contributed by atoms with Crippen molar-refractivity contribution < 1.29 is 13.2 Å². The van der Waals surface area contributed by atoms with Gasteiger partial charge in [-0.2, -0.15) is 13.1 Å². The topological polar surface area (TPSA) is 89.3 Å². The summed E-state index contributed by atoms with van der Waals surface area (Å²) >= 11 is 0. The fourth-order valence-corrected chi connectivity index (χ4v) is 5.21. The average molecular weight is 345 g/mol. The van der Waals surface area contributed by atoms with Crippen molar-refractivity contribution in [2.45, 2.75) is 32.6 Å². The second kappa shape index (κ2) is 5.01. The van der Waals surface area contributed by atoms with Gasteiger partial charge >= 0.3 is 0 Å². The molecule has 2 aliphatic rings. The molecule has 0 radical (unpaired) electrons. The third-order valence-corrected chi connectivity index (χ3v) is 6.34. The quantitative estimate of drug-likeness (QED) is 0.778. The number of benzene rings is 1. The summed E-state index contributed by atoms with van der Waals surface area (Å²) in [7, 11) is -4.02. The molecule has 4 rings (SSSR count). The Hall–Kier alpha value is -2.48. The maximum Gasteiger partial charge on any atom is 0.284 e. The number of hydrogen-bond acceptors (Lipinski definition) is 5. The van der Waals surface area contributed by atoms with Crippen LogP contribution in [0.4, 0.5) is 0 Å². The highest BCUT2D eigenvalue weighted by Crippen LogP contribution is 2.36. The van der Waals surface area contributed by atoms with Crippen molar-refractivity contribution >= 4 is 26.8 Å². The van der Waals surface area contributed by atoms with Gasteiger partial charge in [-0.25, -0.2) is 4.98 Å². The number of carbonyl (C=O) groups excluding carboxylic acids is 1. The molecular formula is C16H15N3O4S. The van der Waals surface area contributed by atoms with Gasteiger partial charge in [-0.1, -0.05) is 12.1 Å². The van der Waals surface area contributed by atoms with E-state index in [4.69, 9.17) is 0 Å². The molecule has 1 aromatic carbocycles. The van der Waals surface area contributed by atoms with E-state index in [1.54, 1.807) is 24.3 Å². The number of para-hydroxylation sites is 1. The molecule has 2 aromatic rings. The lowest BCUT2D eigenvalue weighted by Gasteiger charge is -2.20. The molecule has 1 aromatic heterocycles. The molecule has 0 bridgehead atoms. The van der Waals surface area contributed by atoms with Crippen molar-refractivity contribution in [1.29, 1.82) is 0 Å². The number of fused-ring (bicyclic) bond motifs is 1. The molecule has 0 fully saturated rings. The number of sulfonamides is 1. The number of carbonyl (C=O) groups is 1. The van der Waals surface area contributed by atoms with E-state index in [9.17, 15) is 18.0 Å². The molecular weight excluding hydrogens is 330 g/mol. The van der Waals surface area contributed by atoms with Crippen molar-refractivity contribution in [3.8, 4) is 0 Å². The molecule has 2 heterocycles. The maximum absolute atomic E-state index is 12.8. The van der Waals surface area contributed by atoms with E-state index in [1.165, 1.54) is 6.92 Å². The molecule has 24 heavy (non-hydrogen) atoms. The molecule has 0 saturated carbocycles. The summed E-state index contributed by atoms with van der Waals surface area (Å²) in [5.74, 6) is -0.470. The molecule has 0 unspecified atom stereocenters. The SMILES string of the molecule is Cc1nc2ccccc2c(=O)n1N1C(=O)C2=C(CCCC2)S1(=O)=O. The number of allylic oxidation sites excluding steroid dienone is 1. The van der Waals surface area contributed by atoms with Crippen molar-refractivity contribution in [2.75, 3.05) is 4.41 Å². The molecule has 1 aliphatic heterocycles. The van der Waals surface area contributed by atoms with E-state index in [-0.39, 0.29) is 16.1 Å². The first-order chi connectivity index (χ1) is 11.4. The number of nitrogens with zero attached hydrogens (tertiary/aromatic N) is 3. The van der Waals surface area contributed by atoms with Crippen LogP contribution in [0.5, 0.6) is 0 Å². The highest BCUT2D eigenvalue weighted by atomic mass is 32.2. The van der Waals surface area contributed by atoms with E-state index in [1.807, 2.05) is 0 Å². The zero-order valence-corrected chi connectivity index (χ0v) is 13.8. The highest BCUT2D eigenvalue weighted by molar-refractivity contribution is 7.97. The fourth-order valence-electron chi connectivity index (χ4n) is 3.36. The molecule has 0 atom stereocenters. The summed E-state index contributed by atoms with van der Waals surface area (Å²) < 4.78 is 27.2. The Morgan fingerprint density at radius 2 is 1.79 bits per heavy atom. The summed E-state index contributed by atoms with van der Waals surface area (Å²) in [6, 6.07) is 6.67. The first kappa shape index (κ1) is 15.1. The summed E-state index contributed by atoms with van der Waals surface area (Å²) in [6.45, 7) is 1.52. The summed E-state index contributed by atoms with van der Waals surface area (Å²) in [6.07, 6.45) is 2.27. The second-order valence-corrected chi connectivity index (χ2v) is 7.74. The third-order valence-electron chi connectivity index (χ3n) is 4.49. The normalized spacial score (nSPS) is 19.9. The van der Waals surface area contributed by atoms with E-state index < -0.39 is 21.5 Å². The third kappa shape index (κ3) is 1.89. The predicted octanol–water partition coefficient (Wildman–Crippen LogP) is 1.34. The predicted molar refractivity (Wildman–Crippen MR) is 88.4 cm³/mol. The Morgan fingerprint density at radius 1 is 1.08 bits per heavy atom. The second-order valence-electron chi connectivity index (χ2n) is 5.96. The zero-order chi connectivity index (χ0) is 17.1. The Kier molecular flexibility index (Phi) is 3.14. The summed E-state index contributed by atoms with van der Waals surface area (Å²) in [5, 5.41) is 0.274. The van der Waals surface area contributed by atoms with Crippen molar-refractivity contribution in [1.82, 2.24) is 9.66 Å².